The maximum atomic E-state index is 11.5. The Morgan fingerprint density at radius 3 is 2.75 bits per heavy atom. The third-order valence-corrected chi connectivity index (χ3v) is 9.37. The number of nitrogens with zero attached hydrogens (tertiary/aromatic N) is 6. The maximum absolute atomic E-state index is 11.5. The van der Waals surface area contributed by atoms with Crippen molar-refractivity contribution in [3.05, 3.63) is 57.5 Å². The van der Waals surface area contributed by atoms with Gasteiger partial charge in [0.05, 0.1) is 23.7 Å². The molecule has 1 aliphatic carbocycles. The lowest BCUT2D eigenvalue weighted by Gasteiger charge is -2.39. The third kappa shape index (κ3) is 6.30. The Morgan fingerprint density at radius 2 is 2.08 bits per heavy atom. The monoisotopic (exact) mass is 623 g/mol. The molecule has 0 saturated carbocycles. The SMILES string of the molecule is C[C@@H]1CC(c2cnc3c(C#N)nn([C@H](C)c4ccc(Cl)cc4Cl)c3n2)=CC[C@@H]1N1CCC[C@H]1CCS(N)(=O)=O.Cl. The van der Waals surface area contributed by atoms with E-state index in [9.17, 15) is 13.7 Å². The summed E-state index contributed by atoms with van der Waals surface area (Å²) < 4.78 is 24.8. The van der Waals surface area contributed by atoms with Crippen molar-refractivity contribution in [2.75, 3.05) is 12.3 Å². The van der Waals surface area contributed by atoms with Gasteiger partial charge in [0.25, 0.3) is 0 Å². The standard InChI is InChI=1S/C27H31Cl2N7O2S.ClH/c1-16-12-18(5-8-25(16)35-10-3-4-20(35)9-11-39(31,37)38)24-15-32-26-23(14-30)34-36(27(26)33-24)17(2)21-7-6-19(28)13-22(21)29;/h5-7,13,15-17,20,25H,3-4,8-12H2,1-2H3,(H2,31,37,38);1H/t16-,17-,20+,25+;/m1./s1. The Balaban J connectivity index is 0.00000370. The number of rotatable bonds is 7. The molecule has 0 radical (unpaired) electrons. The highest BCUT2D eigenvalue weighted by molar-refractivity contribution is 7.89. The van der Waals surface area contributed by atoms with Crippen LogP contribution >= 0.6 is 35.6 Å². The second-order valence-electron chi connectivity index (χ2n) is 10.6. The number of nitrogens with two attached hydrogens (primary N) is 1. The largest absolute Gasteiger partial charge is 0.297 e. The van der Waals surface area contributed by atoms with Gasteiger partial charge in [0, 0.05) is 22.1 Å². The number of aromatic nitrogens is 4. The van der Waals surface area contributed by atoms with E-state index in [0.717, 1.165) is 49.1 Å². The number of hydrogen-bond donors (Lipinski definition) is 1. The van der Waals surface area contributed by atoms with Crippen molar-refractivity contribution in [3.63, 3.8) is 0 Å². The zero-order valence-electron chi connectivity index (χ0n) is 22.3. The molecule has 2 aromatic heterocycles. The fraction of sp³-hybridized carbons (Fsp3) is 0.481. The molecule has 2 N–H and O–H groups in total. The van der Waals surface area contributed by atoms with Gasteiger partial charge in [-0.25, -0.2) is 28.2 Å². The number of benzene rings is 1. The van der Waals surface area contributed by atoms with Crippen molar-refractivity contribution < 1.29 is 8.42 Å². The lowest BCUT2D eigenvalue weighted by atomic mass is 9.83. The van der Waals surface area contributed by atoms with Crippen molar-refractivity contribution in [3.8, 4) is 6.07 Å². The van der Waals surface area contributed by atoms with Crippen molar-refractivity contribution in [1.82, 2.24) is 24.6 Å². The summed E-state index contributed by atoms with van der Waals surface area (Å²) in [6.45, 7) is 5.16. The summed E-state index contributed by atoms with van der Waals surface area (Å²) >= 11 is 12.6. The summed E-state index contributed by atoms with van der Waals surface area (Å²) in [4.78, 5) is 12.0. The van der Waals surface area contributed by atoms with E-state index in [1.807, 2.05) is 13.0 Å². The van der Waals surface area contributed by atoms with Crippen LogP contribution in [-0.4, -0.2) is 57.4 Å². The average molecular weight is 625 g/mol. The van der Waals surface area contributed by atoms with Crippen LogP contribution in [-0.2, 0) is 10.0 Å². The van der Waals surface area contributed by atoms with Crippen LogP contribution < -0.4 is 5.14 Å². The number of nitriles is 1. The molecule has 1 aliphatic heterocycles. The van der Waals surface area contributed by atoms with Crippen LogP contribution in [0.1, 0.15) is 68.9 Å². The average Bonchev–Trinajstić information content (AvgIpc) is 3.51. The third-order valence-electron chi connectivity index (χ3n) is 8.01. The first-order valence-electron chi connectivity index (χ1n) is 13.1. The molecular formula is C27H32Cl3N7O2S. The van der Waals surface area contributed by atoms with Crippen LogP contribution in [0.15, 0.2) is 30.5 Å². The first kappa shape index (κ1) is 30.7. The second kappa shape index (κ2) is 12.3. The molecule has 9 nitrogen and oxygen atoms in total. The van der Waals surface area contributed by atoms with Crippen LogP contribution in [0.4, 0.5) is 0 Å². The molecule has 3 aromatic rings. The summed E-state index contributed by atoms with van der Waals surface area (Å²) in [6, 6.07) is 7.73. The molecule has 40 heavy (non-hydrogen) atoms. The number of hydrogen-bond acceptors (Lipinski definition) is 7. The zero-order valence-corrected chi connectivity index (χ0v) is 25.4. The molecular weight excluding hydrogens is 593 g/mol. The smallest absolute Gasteiger partial charge is 0.209 e. The highest BCUT2D eigenvalue weighted by atomic mass is 35.5. The molecule has 3 heterocycles. The molecule has 4 atom stereocenters. The van der Waals surface area contributed by atoms with Crippen LogP contribution in [0.5, 0.6) is 0 Å². The van der Waals surface area contributed by atoms with Gasteiger partial charge in [-0.05, 0) is 74.8 Å². The van der Waals surface area contributed by atoms with Crippen molar-refractivity contribution >= 4 is 62.4 Å². The number of sulfonamides is 1. The first-order valence-corrected chi connectivity index (χ1v) is 15.6. The Labute approximate surface area is 250 Å². The molecule has 214 valence electrons. The van der Waals surface area contributed by atoms with Gasteiger partial charge in [0.1, 0.15) is 11.6 Å². The zero-order chi connectivity index (χ0) is 27.9. The van der Waals surface area contributed by atoms with Gasteiger partial charge in [-0.1, -0.05) is 42.3 Å². The van der Waals surface area contributed by atoms with E-state index in [1.54, 1.807) is 23.0 Å². The number of halogens is 3. The summed E-state index contributed by atoms with van der Waals surface area (Å²) in [6.07, 6.45) is 8.25. The van der Waals surface area contributed by atoms with E-state index in [1.165, 1.54) is 0 Å². The second-order valence-corrected chi connectivity index (χ2v) is 13.2. The minimum atomic E-state index is -3.47. The number of primary sulfonamides is 1. The van der Waals surface area contributed by atoms with E-state index in [2.05, 4.69) is 34.1 Å². The molecule has 1 saturated heterocycles. The van der Waals surface area contributed by atoms with E-state index >= 15 is 0 Å². The summed E-state index contributed by atoms with van der Waals surface area (Å²) in [5, 5.41) is 20.5. The van der Waals surface area contributed by atoms with Crippen molar-refractivity contribution in [2.24, 2.45) is 11.1 Å². The highest BCUT2D eigenvalue weighted by Crippen LogP contribution is 2.37. The quantitative estimate of drug-likeness (QED) is 0.374. The van der Waals surface area contributed by atoms with Gasteiger partial charge >= 0.3 is 0 Å². The van der Waals surface area contributed by atoms with Gasteiger partial charge in [-0.15, -0.1) is 12.4 Å². The van der Waals surface area contributed by atoms with E-state index < -0.39 is 10.0 Å². The maximum Gasteiger partial charge on any atom is 0.209 e. The molecule has 0 unspecified atom stereocenters. The molecule has 1 aromatic carbocycles. The molecule has 0 amide bonds. The molecule has 13 heteroatoms. The van der Waals surface area contributed by atoms with E-state index in [0.29, 0.717) is 39.6 Å². The molecule has 2 aliphatic rings. The van der Waals surface area contributed by atoms with Gasteiger partial charge in [-0.2, -0.15) is 10.4 Å². The predicted molar refractivity (Wildman–Crippen MR) is 160 cm³/mol. The summed E-state index contributed by atoms with van der Waals surface area (Å²) in [7, 11) is -3.47. The fourth-order valence-electron chi connectivity index (χ4n) is 6.02. The topological polar surface area (TPSA) is 131 Å². The first-order chi connectivity index (χ1) is 18.6. The summed E-state index contributed by atoms with van der Waals surface area (Å²) in [5.41, 5.74) is 3.89. The number of fused-ring (bicyclic) bond motifs is 1. The predicted octanol–water partition coefficient (Wildman–Crippen LogP) is 5.36. The van der Waals surface area contributed by atoms with Crippen LogP contribution in [0, 0.1) is 17.2 Å². The number of allylic oxidation sites excluding steroid dienone is 1. The van der Waals surface area contributed by atoms with Gasteiger partial charge in [0.2, 0.25) is 10.0 Å². The Morgan fingerprint density at radius 1 is 1.30 bits per heavy atom. The molecule has 5 rings (SSSR count). The van der Waals surface area contributed by atoms with Crippen molar-refractivity contribution in [1.29, 1.82) is 5.26 Å². The Kier molecular flexibility index (Phi) is 9.45. The summed E-state index contributed by atoms with van der Waals surface area (Å²) in [5.74, 6) is 0.369. The molecule has 0 bridgehead atoms. The van der Waals surface area contributed by atoms with Crippen LogP contribution in [0.2, 0.25) is 10.0 Å². The van der Waals surface area contributed by atoms with E-state index in [-0.39, 0.29) is 35.9 Å². The fourth-order valence-corrected chi connectivity index (χ4v) is 7.19. The normalized spacial score (nSPS) is 22.5. The van der Waals surface area contributed by atoms with Gasteiger partial charge in [-0.3, -0.25) is 4.90 Å². The van der Waals surface area contributed by atoms with E-state index in [4.69, 9.17) is 33.3 Å². The highest BCUT2D eigenvalue weighted by Gasteiger charge is 2.35. The van der Waals surface area contributed by atoms with Gasteiger partial charge < -0.3 is 0 Å². The van der Waals surface area contributed by atoms with Crippen molar-refractivity contribution in [2.45, 2.75) is 64.1 Å². The molecule has 0 spiro atoms. The molecule has 1 fully saturated rings. The minimum Gasteiger partial charge on any atom is -0.297 e. The Hall–Kier alpha value is -2.26. The lowest BCUT2D eigenvalue weighted by molar-refractivity contribution is 0.130. The Bertz CT molecular complexity index is 1580. The van der Waals surface area contributed by atoms with Crippen LogP contribution in [0.25, 0.3) is 16.7 Å². The lowest BCUT2D eigenvalue weighted by Crippen LogP contribution is -2.44. The van der Waals surface area contributed by atoms with Crippen LogP contribution in [0.3, 0.4) is 0 Å². The number of likely N-dealkylation sites (tertiary alicyclic amines) is 1. The van der Waals surface area contributed by atoms with Gasteiger partial charge in [0.15, 0.2) is 11.3 Å². The minimum absolute atomic E-state index is 0.